The van der Waals surface area contributed by atoms with Crippen LogP contribution in [0.15, 0.2) is 71.6 Å². The van der Waals surface area contributed by atoms with Gasteiger partial charge in [0.05, 0.1) is 34.6 Å². The van der Waals surface area contributed by atoms with Crippen LogP contribution in [0, 0.1) is 5.82 Å². The van der Waals surface area contributed by atoms with Gasteiger partial charge in [-0.3, -0.25) is 4.72 Å². The van der Waals surface area contributed by atoms with Crippen LogP contribution >= 0.6 is 0 Å². The van der Waals surface area contributed by atoms with E-state index in [2.05, 4.69) is 4.72 Å². The summed E-state index contributed by atoms with van der Waals surface area (Å²) in [7, 11) is -2.50. The van der Waals surface area contributed by atoms with Crippen molar-refractivity contribution in [3.63, 3.8) is 0 Å². The molecule has 1 aliphatic heterocycles. The van der Waals surface area contributed by atoms with Crippen LogP contribution in [0.4, 0.5) is 34.6 Å². The van der Waals surface area contributed by atoms with E-state index >= 15 is 0 Å². The van der Waals surface area contributed by atoms with Crippen LogP contribution in [0.25, 0.3) is 0 Å². The van der Waals surface area contributed by atoms with E-state index in [0.29, 0.717) is 43.3 Å². The molecule has 1 fully saturated rings. The second kappa shape index (κ2) is 12.8. The summed E-state index contributed by atoms with van der Waals surface area (Å²) in [5, 5.41) is 16.5. The topological polar surface area (TPSA) is 136 Å². The third kappa shape index (κ3) is 8.00. The molecule has 0 spiro atoms. The normalized spacial score (nSPS) is 13.6. The molecule has 0 aromatic heterocycles. The van der Waals surface area contributed by atoms with Crippen molar-refractivity contribution in [1.29, 1.82) is 0 Å². The lowest BCUT2D eigenvalue weighted by Crippen LogP contribution is -2.47. The van der Waals surface area contributed by atoms with Gasteiger partial charge in [-0.25, -0.2) is 22.4 Å². The Morgan fingerprint density at radius 1 is 0.878 bits per heavy atom. The van der Waals surface area contributed by atoms with Crippen molar-refractivity contribution in [3.8, 4) is 5.75 Å². The van der Waals surface area contributed by atoms with Crippen LogP contribution in [0.2, 0.25) is 0 Å². The summed E-state index contributed by atoms with van der Waals surface area (Å²) in [5.41, 5.74) is 1.19. The van der Waals surface area contributed by atoms with Gasteiger partial charge in [0.2, 0.25) is 0 Å². The van der Waals surface area contributed by atoms with Crippen molar-refractivity contribution < 1.29 is 50.5 Å². The highest BCUT2D eigenvalue weighted by molar-refractivity contribution is 7.92. The first-order chi connectivity index (χ1) is 19.2. The molecule has 1 saturated heterocycles. The molecule has 0 amide bonds. The Bertz CT molecular complexity index is 1490. The van der Waals surface area contributed by atoms with E-state index < -0.39 is 28.1 Å². The molecular formula is C26H25F4N3O7S. The lowest BCUT2D eigenvalue weighted by molar-refractivity contribution is -0.192. The smallest absolute Gasteiger partial charge is 0.490 e. The number of aromatic carboxylic acids is 1. The zero-order valence-corrected chi connectivity index (χ0v) is 22.2. The van der Waals surface area contributed by atoms with Crippen molar-refractivity contribution >= 4 is 39.0 Å². The van der Waals surface area contributed by atoms with E-state index in [0.717, 1.165) is 0 Å². The van der Waals surface area contributed by atoms with Crippen molar-refractivity contribution in [2.24, 2.45) is 0 Å². The minimum Gasteiger partial charge on any atom is -0.497 e. The minimum atomic E-state index is -5.08. The number of hydrogen-bond acceptors (Lipinski definition) is 7. The molecule has 0 atom stereocenters. The molecule has 15 heteroatoms. The zero-order chi connectivity index (χ0) is 30.4. The first-order valence-electron chi connectivity index (χ1n) is 11.8. The van der Waals surface area contributed by atoms with Gasteiger partial charge in [-0.2, -0.15) is 13.2 Å². The number of carboxylic acid groups (broad SMARTS) is 2. The molecule has 10 nitrogen and oxygen atoms in total. The van der Waals surface area contributed by atoms with Crippen molar-refractivity contribution in [2.75, 3.05) is 47.8 Å². The van der Waals surface area contributed by atoms with E-state index in [9.17, 15) is 35.9 Å². The Morgan fingerprint density at radius 3 is 1.90 bits per heavy atom. The molecule has 3 aromatic carbocycles. The number of ether oxygens (including phenoxy) is 1. The highest BCUT2D eigenvalue weighted by atomic mass is 32.2. The van der Waals surface area contributed by atoms with E-state index in [-0.39, 0.29) is 22.0 Å². The number of alkyl halides is 3. The predicted octanol–water partition coefficient (Wildman–Crippen LogP) is 4.29. The largest absolute Gasteiger partial charge is 0.497 e. The molecule has 220 valence electrons. The average Bonchev–Trinajstić information content (AvgIpc) is 2.93. The number of para-hydroxylation sites is 1. The number of benzene rings is 3. The summed E-state index contributed by atoms with van der Waals surface area (Å²) in [6.45, 7) is 2.04. The highest BCUT2D eigenvalue weighted by Crippen LogP contribution is 2.32. The van der Waals surface area contributed by atoms with Crippen LogP contribution in [-0.2, 0) is 14.8 Å². The van der Waals surface area contributed by atoms with Gasteiger partial charge >= 0.3 is 18.1 Å². The van der Waals surface area contributed by atoms with E-state index in [1.165, 1.54) is 49.6 Å². The maximum absolute atomic E-state index is 14.2. The lowest BCUT2D eigenvalue weighted by atomic mass is 10.1. The Balaban J connectivity index is 0.000000587. The van der Waals surface area contributed by atoms with E-state index in [1.807, 2.05) is 9.80 Å². The monoisotopic (exact) mass is 599 g/mol. The fourth-order valence-electron chi connectivity index (χ4n) is 3.88. The molecule has 0 saturated carbocycles. The molecule has 41 heavy (non-hydrogen) atoms. The van der Waals surface area contributed by atoms with Gasteiger partial charge in [0.15, 0.2) is 0 Å². The predicted molar refractivity (Wildman–Crippen MR) is 142 cm³/mol. The number of sulfonamides is 1. The molecule has 0 unspecified atom stereocenters. The third-order valence-electron chi connectivity index (χ3n) is 5.91. The van der Waals surface area contributed by atoms with Gasteiger partial charge in [0.25, 0.3) is 10.0 Å². The molecule has 1 heterocycles. The quantitative estimate of drug-likeness (QED) is 0.340. The minimum absolute atomic E-state index is 0.0179. The van der Waals surface area contributed by atoms with Crippen LogP contribution < -0.4 is 19.3 Å². The Morgan fingerprint density at radius 2 is 1.41 bits per heavy atom. The summed E-state index contributed by atoms with van der Waals surface area (Å²) in [4.78, 5) is 24.3. The summed E-state index contributed by atoms with van der Waals surface area (Å²) >= 11 is 0. The number of aliphatic carboxylic acids is 1. The first kappa shape index (κ1) is 31.0. The lowest BCUT2D eigenvalue weighted by Gasteiger charge is -2.38. The first-order valence-corrected chi connectivity index (χ1v) is 13.3. The van der Waals surface area contributed by atoms with E-state index in [4.69, 9.17) is 14.6 Å². The number of rotatable bonds is 7. The molecule has 0 radical (unpaired) electrons. The fourth-order valence-corrected chi connectivity index (χ4v) is 4.95. The van der Waals surface area contributed by atoms with Crippen molar-refractivity contribution in [2.45, 2.75) is 11.1 Å². The molecule has 3 N–H and O–H groups in total. The number of carbonyl (C=O) groups is 2. The van der Waals surface area contributed by atoms with Gasteiger partial charge in [0, 0.05) is 26.2 Å². The van der Waals surface area contributed by atoms with Crippen LogP contribution in [-0.4, -0.2) is 70.0 Å². The number of halogens is 4. The second-order valence-electron chi connectivity index (χ2n) is 8.55. The van der Waals surface area contributed by atoms with E-state index in [1.54, 1.807) is 24.3 Å². The number of hydrogen-bond donors (Lipinski definition) is 3. The number of methoxy groups -OCH3 is 1. The van der Waals surface area contributed by atoms with Crippen LogP contribution in [0.1, 0.15) is 10.4 Å². The van der Waals surface area contributed by atoms with Gasteiger partial charge in [-0.1, -0.05) is 12.1 Å². The highest BCUT2D eigenvalue weighted by Gasteiger charge is 2.38. The Hall–Kier alpha value is -4.53. The summed E-state index contributed by atoms with van der Waals surface area (Å²) in [6.07, 6.45) is -5.08. The number of nitrogens with one attached hydrogen (secondary N) is 1. The van der Waals surface area contributed by atoms with Crippen molar-refractivity contribution in [3.05, 3.63) is 78.1 Å². The standard InChI is InChI=1S/C24H24FN3O5S.C2HF3O2/c1-33-18-7-9-19(10-8-18)34(31,32)26-21-16-17(24(29)30)6-11-23(21)28-14-12-27(13-15-28)22-5-3-2-4-20(22)25;3-2(4,5)1(6)7/h2-11,16,26H,12-15H2,1H3,(H,29,30);(H,6,7). The zero-order valence-electron chi connectivity index (χ0n) is 21.4. The summed E-state index contributed by atoms with van der Waals surface area (Å²) < 4.78 is 79.6. The van der Waals surface area contributed by atoms with Gasteiger partial charge < -0.3 is 24.7 Å². The summed E-state index contributed by atoms with van der Waals surface area (Å²) in [5.74, 6) is -3.71. The summed E-state index contributed by atoms with van der Waals surface area (Å²) in [6, 6.07) is 16.8. The Labute approximate surface area is 232 Å². The number of anilines is 3. The fraction of sp³-hybridized carbons (Fsp3) is 0.231. The second-order valence-corrected chi connectivity index (χ2v) is 10.2. The maximum atomic E-state index is 14.2. The van der Waals surface area contributed by atoms with Crippen molar-refractivity contribution in [1.82, 2.24) is 0 Å². The molecule has 4 rings (SSSR count). The van der Waals surface area contributed by atoms with Gasteiger partial charge in [-0.15, -0.1) is 0 Å². The third-order valence-corrected chi connectivity index (χ3v) is 7.29. The Kier molecular flexibility index (Phi) is 9.65. The van der Waals surface area contributed by atoms with Gasteiger partial charge in [0.1, 0.15) is 11.6 Å². The number of piperazine rings is 1. The maximum Gasteiger partial charge on any atom is 0.490 e. The molecule has 0 aliphatic carbocycles. The molecule has 0 bridgehead atoms. The van der Waals surface area contributed by atoms with Crippen LogP contribution in [0.3, 0.4) is 0 Å². The average molecular weight is 600 g/mol. The molecule has 3 aromatic rings. The SMILES string of the molecule is COc1ccc(S(=O)(=O)Nc2cc(C(=O)O)ccc2N2CCN(c3ccccc3F)CC2)cc1.O=C(O)C(F)(F)F. The van der Waals surface area contributed by atoms with Gasteiger partial charge in [-0.05, 0) is 54.6 Å². The van der Waals surface area contributed by atoms with Crippen LogP contribution in [0.5, 0.6) is 5.75 Å². The number of carboxylic acids is 2. The molecular weight excluding hydrogens is 574 g/mol. The number of nitrogens with zero attached hydrogens (tertiary/aromatic N) is 2. The molecule has 1 aliphatic rings.